The van der Waals surface area contributed by atoms with Crippen LogP contribution in [-0.4, -0.2) is 24.0 Å². The molecule has 108 valence electrons. The van der Waals surface area contributed by atoms with Crippen molar-refractivity contribution in [3.05, 3.63) is 54.4 Å². The molecule has 0 saturated carbocycles. The van der Waals surface area contributed by atoms with Crippen LogP contribution in [-0.2, 0) is 19.1 Å². The van der Waals surface area contributed by atoms with E-state index in [0.717, 1.165) is 0 Å². The molecular formula is C16H13FO4. The van der Waals surface area contributed by atoms with Crippen LogP contribution in [0.4, 0.5) is 4.39 Å². The Kier molecular flexibility index (Phi) is 2.76. The largest absolute Gasteiger partial charge is 0.465 e. The van der Waals surface area contributed by atoms with E-state index in [4.69, 9.17) is 9.47 Å². The van der Waals surface area contributed by atoms with Gasteiger partial charge >= 0.3 is 5.97 Å². The summed E-state index contributed by atoms with van der Waals surface area (Å²) in [5.41, 5.74) is -2.15. The summed E-state index contributed by atoms with van der Waals surface area (Å²) >= 11 is 0. The number of rotatable bonds is 2. The van der Waals surface area contributed by atoms with Gasteiger partial charge in [-0.25, -0.2) is 9.18 Å². The van der Waals surface area contributed by atoms with Crippen molar-refractivity contribution in [1.82, 2.24) is 0 Å². The predicted octanol–water partition coefficient (Wildman–Crippen LogP) is 2.25. The van der Waals surface area contributed by atoms with E-state index in [9.17, 15) is 14.0 Å². The number of hydrogen-bond donors (Lipinski definition) is 0. The number of ether oxygens (including phenoxy) is 2. The lowest BCUT2D eigenvalue weighted by atomic mass is 9.73. The van der Waals surface area contributed by atoms with Crippen LogP contribution < -0.4 is 0 Å². The second-order valence-corrected chi connectivity index (χ2v) is 5.36. The number of cyclic esters (lactones) is 1. The predicted molar refractivity (Wildman–Crippen MR) is 72.5 cm³/mol. The van der Waals surface area contributed by atoms with Crippen LogP contribution in [0, 0.1) is 11.2 Å². The van der Waals surface area contributed by atoms with E-state index < -0.39 is 28.6 Å². The Morgan fingerprint density at radius 1 is 1.29 bits per heavy atom. The van der Waals surface area contributed by atoms with E-state index in [0.29, 0.717) is 5.56 Å². The SMILES string of the molecule is C=C[C@@]1(C)COC(=O)[C@]12OC(c1ccc(F)cc1)=CC2=O. The molecule has 0 amide bonds. The minimum absolute atomic E-state index is 0.0333. The number of benzene rings is 1. The van der Waals surface area contributed by atoms with Crippen molar-refractivity contribution in [3.8, 4) is 0 Å². The summed E-state index contributed by atoms with van der Waals surface area (Å²) < 4.78 is 23.7. The number of ketones is 1. The summed E-state index contributed by atoms with van der Waals surface area (Å²) in [5.74, 6) is -1.36. The number of halogens is 1. The fourth-order valence-electron chi connectivity index (χ4n) is 2.62. The van der Waals surface area contributed by atoms with E-state index in [2.05, 4.69) is 6.58 Å². The van der Waals surface area contributed by atoms with Gasteiger partial charge in [-0.1, -0.05) is 6.08 Å². The van der Waals surface area contributed by atoms with Crippen molar-refractivity contribution in [2.24, 2.45) is 5.41 Å². The molecule has 1 aromatic carbocycles. The summed E-state index contributed by atoms with van der Waals surface area (Å²) in [6.45, 7) is 5.39. The smallest absolute Gasteiger partial charge is 0.359 e. The molecule has 0 bridgehead atoms. The molecule has 2 atom stereocenters. The van der Waals surface area contributed by atoms with Crippen molar-refractivity contribution in [1.29, 1.82) is 0 Å². The van der Waals surface area contributed by atoms with Gasteiger partial charge in [0, 0.05) is 11.6 Å². The van der Waals surface area contributed by atoms with Crippen LogP contribution in [0.2, 0.25) is 0 Å². The summed E-state index contributed by atoms with van der Waals surface area (Å²) in [4.78, 5) is 24.5. The van der Waals surface area contributed by atoms with Gasteiger partial charge < -0.3 is 9.47 Å². The van der Waals surface area contributed by atoms with Crippen LogP contribution in [0.25, 0.3) is 5.76 Å². The quantitative estimate of drug-likeness (QED) is 0.476. The zero-order chi connectivity index (χ0) is 15.3. The first-order valence-corrected chi connectivity index (χ1v) is 6.45. The lowest BCUT2D eigenvalue weighted by Gasteiger charge is -2.31. The van der Waals surface area contributed by atoms with Crippen molar-refractivity contribution in [2.75, 3.05) is 6.61 Å². The highest BCUT2D eigenvalue weighted by atomic mass is 19.1. The highest BCUT2D eigenvalue weighted by Crippen LogP contribution is 2.49. The minimum atomic E-state index is -1.72. The van der Waals surface area contributed by atoms with Gasteiger partial charge in [-0.15, -0.1) is 6.58 Å². The molecule has 21 heavy (non-hydrogen) atoms. The Morgan fingerprint density at radius 3 is 2.57 bits per heavy atom. The molecule has 1 spiro atoms. The standard InChI is InChI=1S/C16H13FO4/c1-3-15(2)9-20-14(19)16(15)13(18)8-12(21-16)10-4-6-11(17)7-5-10/h3-8H,1,9H2,2H3/t15-,16-/m0/s1. The normalized spacial score (nSPS) is 31.0. The Morgan fingerprint density at radius 2 is 1.95 bits per heavy atom. The molecular weight excluding hydrogens is 275 g/mol. The molecule has 3 rings (SSSR count). The fourth-order valence-corrected chi connectivity index (χ4v) is 2.62. The highest BCUT2D eigenvalue weighted by Gasteiger charge is 2.68. The molecule has 2 aliphatic rings. The Labute approximate surface area is 120 Å². The van der Waals surface area contributed by atoms with Crippen LogP contribution in [0.1, 0.15) is 12.5 Å². The van der Waals surface area contributed by atoms with Gasteiger partial charge in [0.2, 0.25) is 5.78 Å². The first kappa shape index (κ1) is 13.5. The van der Waals surface area contributed by atoms with Gasteiger partial charge in [0.15, 0.2) is 0 Å². The van der Waals surface area contributed by atoms with E-state index in [1.807, 2.05) is 0 Å². The molecule has 5 heteroatoms. The lowest BCUT2D eigenvalue weighted by Crippen LogP contribution is -2.52. The van der Waals surface area contributed by atoms with Gasteiger partial charge in [0.05, 0.1) is 5.41 Å². The molecule has 1 saturated heterocycles. The second-order valence-electron chi connectivity index (χ2n) is 5.36. The van der Waals surface area contributed by atoms with E-state index in [-0.39, 0.29) is 12.4 Å². The number of hydrogen-bond acceptors (Lipinski definition) is 4. The summed E-state index contributed by atoms with van der Waals surface area (Å²) in [7, 11) is 0. The van der Waals surface area contributed by atoms with Gasteiger partial charge in [0.1, 0.15) is 18.2 Å². The monoisotopic (exact) mass is 288 g/mol. The summed E-state index contributed by atoms with van der Waals surface area (Å²) in [6, 6.07) is 5.49. The molecule has 1 fully saturated rings. The van der Waals surface area contributed by atoms with Crippen molar-refractivity contribution in [2.45, 2.75) is 12.5 Å². The van der Waals surface area contributed by atoms with Gasteiger partial charge in [-0.2, -0.15) is 0 Å². The molecule has 0 unspecified atom stereocenters. The molecule has 2 heterocycles. The first-order chi connectivity index (χ1) is 9.93. The van der Waals surface area contributed by atoms with Crippen molar-refractivity contribution >= 4 is 17.5 Å². The van der Waals surface area contributed by atoms with E-state index >= 15 is 0 Å². The number of carbonyl (C=O) groups is 2. The zero-order valence-electron chi connectivity index (χ0n) is 11.4. The Bertz CT molecular complexity index is 676. The Hall–Kier alpha value is -2.43. The zero-order valence-corrected chi connectivity index (χ0v) is 11.4. The first-order valence-electron chi connectivity index (χ1n) is 6.45. The maximum atomic E-state index is 13.0. The van der Waals surface area contributed by atoms with Crippen molar-refractivity contribution in [3.63, 3.8) is 0 Å². The summed E-state index contributed by atoms with van der Waals surface area (Å²) in [5, 5.41) is 0. The van der Waals surface area contributed by atoms with Crippen LogP contribution in [0.5, 0.6) is 0 Å². The minimum Gasteiger partial charge on any atom is -0.465 e. The van der Waals surface area contributed by atoms with E-state index in [1.165, 1.54) is 36.4 Å². The maximum Gasteiger partial charge on any atom is 0.359 e. The molecule has 2 aliphatic heterocycles. The molecule has 0 N–H and O–H groups in total. The van der Waals surface area contributed by atoms with Gasteiger partial charge in [0.25, 0.3) is 5.60 Å². The van der Waals surface area contributed by atoms with Gasteiger partial charge in [-0.05, 0) is 31.2 Å². The lowest BCUT2D eigenvalue weighted by molar-refractivity contribution is -0.158. The van der Waals surface area contributed by atoms with Crippen molar-refractivity contribution < 1.29 is 23.5 Å². The third-order valence-electron chi connectivity index (χ3n) is 4.05. The molecule has 1 aromatic rings. The highest BCUT2D eigenvalue weighted by molar-refractivity contribution is 6.19. The maximum absolute atomic E-state index is 13.0. The van der Waals surface area contributed by atoms with Crippen LogP contribution in [0.3, 0.4) is 0 Å². The summed E-state index contributed by atoms with van der Waals surface area (Å²) in [6.07, 6.45) is 2.75. The number of esters is 1. The average molecular weight is 288 g/mol. The van der Waals surface area contributed by atoms with Crippen LogP contribution >= 0.6 is 0 Å². The molecule has 0 aromatic heterocycles. The Balaban J connectivity index is 2.03. The van der Waals surface area contributed by atoms with Gasteiger partial charge in [-0.3, -0.25) is 4.79 Å². The third kappa shape index (κ3) is 1.67. The fraction of sp³-hybridized carbons (Fsp3) is 0.250. The molecule has 4 nitrogen and oxygen atoms in total. The number of carbonyl (C=O) groups excluding carboxylic acids is 2. The molecule has 0 aliphatic carbocycles. The van der Waals surface area contributed by atoms with E-state index in [1.54, 1.807) is 6.92 Å². The second kappa shape index (κ2) is 4.28. The topological polar surface area (TPSA) is 52.6 Å². The third-order valence-corrected chi connectivity index (χ3v) is 4.05. The molecule has 0 radical (unpaired) electrons. The van der Waals surface area contributed by atoms with Crippen LogP contribution in [0.15, 0.2) is 43.0 Å². The average Bonchev–Trinajstić information content (AvgIpc) is 2.95.